The van der Waals surface area contributed by atoms with E-state index in [0.717, 1.165) is 10.4 Å². The van der Waals surface area contributed by atoms with E-state index in [2.05, 4.69) is 20.3 Å². The van der Waals surface area contributed by atoms with Crippen LogP contribution in [0.25, 0.3) is 11.3 Å². The molecule has 0 unspecified atom stereocenters. The number of aryl methyl sites for hydroxylation is 2. The van der Waals surface area contributed by atoms with Crippen LogP contribution in [-0.4, -0.2) is 47.2 Å². The standard InChI is InChI=1S/C22H24FN5O3S/c1-13-17(20(30)27-21(24-13)28-9-11-31-12-10-28)7-8-18(29)25-22-26-19(14(2)32-22)15-3-5-16(23)6-4-15/h3-6H,7-12H2,1-2H3,(H,24,27,30)(H,25,26,29). The maximum Gasteiger partial charge on any atom is 0.255 e. The van der Waals surface area contributed by atoms with E-state index < -0.39 is 0 Å². The molecule has 8 nitrogen and oxygen atoms in total. The molecule has 168 valence electrons. The number of thiazole rings is 1. The van der Waals surface area contributed by atoms with Gasteiger partial charge in [0.15, 0.2) is 5.13 Å². The molecule has 0 aliphatic carbocycles. The Balaban J connectivity index is 1.39. The first-order valence-electron chi connectivity index (χ1n) is 10.4. The highest BCUT2D eigenvalue weighted by Crippen LogP contribution is 2.30. The summed E-state index contributed by atoms with van der Waals surface area (Å²) in [4.78, 5) is 39.8. The number of benzene rings is 1. The summed E-state index contributed by atoms with van der Waals surface area (Å²) in [6.45, 7) is 6.24. The normalized spacial score (nSPS) is 13.9. The number of morpholine rings is 1. The Kier molecular flexibility index (Phi) is 6.61. The van der Waals surface area contributed by atoms with Crippen LogP contribution in [0.15, 0.2) is 29.1 Å². The number of H-pyrrole nitrogens is 1. The van der Waals surface area contributed by atoms with Crippen molar-refractivity contribution in [3.63, 3.8) is 0 Å². The minimum atomic E-state index is -0.312. The quantitative estimate of drug-likeness (QED) is 0.590. The molecule has 3 aromatic rings. The molecule has 0 atom stereocenters. The van der Waals surface area contributed by atoms with Crippen LogP contribution in [0.3, 0.4) is 0 Å². The number of halogens is 1. The molecule has 3 heterocycles. The summed E-state index contributed by atoms with van der Waals surface area (Å²) in [6.07, 6.45) is 0.408. The van der Waals surface area contributed by atoms with Gasteiger partial charge in [-0.1, -0.05) is 0 Å². The van der Waals surface area contributed by atoms with Gasteiger partial charge >= 0.3 is 0 Å². The lowest BCUT2D eigenvalue weighted by molar-refractivity contribution is -0.116. The van der Waals surface area contributed by atoms with Gasteiger partial charge in [-0.3, -0.25) is 14.6 Å². The van der Waals surface area contributed by atoms with Gasteiger partial charge in [0.05, 0.1) is 18.9 Å². The van der Waals surface area contributed by atoms with Crippen LogP contribution in [-0.2, 0) is 16.0 Å². The topological polar surface area (TPSA) is 100 Å². The average molecular weight is 458 g/mol. The Hall–Kier alpha value is -3.11. The molecule has 4 rings (SSSR count). The molecule has 1 fully saturated rings. The number of aromatic nitrogens is 3. The zero-order valence-corrected chi connectivity index (χ0v) is 18.7. The Labute approximate surface area is 188 Å². The van der Waals surface area contributed by atoms with Crippen LogP contribution in [0.4, 0.5) is 15.5 Å². The van der Waals surface area contributed by atoms with Crippen molar-refractivity contribution in [1.82, 2.24) is 15.0 Å². The van der Waals surface area contributed by atoms with E-state index in [1.54, 1.807) is 19.1 Å². The van der Waals surface area contributed by atoms with E-state index in [0.29, 0.717) is 54.3 Å². The first-order valence-corrected chi connectivity index (χ1v) is 11.2. The fourth-order valence-corrected chi connectivity index (χ4v) is 4.41. The monoisotopic (exact) mass is 457 g/mol. The molecule has 1 amide bonds. The molecule has 0 saturated carbocycles. The zero-order valence-electron chi connectivity index (χ0n) is 17.9. The first kappa shape index (κ1) is 22.1. The maximum absolute atomic E-state index is 13.2. The summed E-state index contributed by atoms with van der Waals surface area (Å²) in [6, 6.07) is 6.08. The predicted molar refractivity (Wildman–Crippen MR) is 122 cm³/mol. The SMILES string of the molecule is Cc1nc(N2CCOCC2)[nH]c(=O)c1CCC(=O)Nc1nc(-c2ccc(F)cc2)c(C)s1. The number of hydrogen-bond acceptors (Lipinski definition) is 7. The van der Waals surface area contributed by atoms with Gasteiger partial charge in [0.25, 0.3) is 5.56 Å². The number of hydrogen-bond donors (Lipinski definition) is 2. The lowest BCUT2D eigenvalue weighted by Gasteiger charge is -2.27. The van der Waals surface area contributed by atoms with Crippen molar-refractivity contribution >= 4 is 28.3 Å². The van der Waals surface area contributed by atoms with Crippen molar-refractivity contribution < 1.29 is 13.9 Å². The summed E-state index contributed by atoms with van der Waals surface area (Å²) < 4.78 is 18.5. The molecule has 1 aliphatic heterocycles. The van der Waals surface area contributed by atoms with Crippen molar-refractivity contribution in [3.8, 4) is 11.3 Å². The molecule has 0 radical (unpaired) electrons. The lowest BCUT2D eigenvalue weighted by atomic mass is 10.1. The van der Waals surface area contributed by atoms with Gasteiger partial charge in [0.2, 0.25) is 11.9 Å². The van der Waals surface area contributed by atoms with Gasteiger partial charge in [-0.2, -0.15) is 0 Å². The van der Waals surface area contributed by atoms with E-state index in [4.69, 9.17) is 4.74 Å². The fraction of sp³-hybridized carbons (Fsp3) is 0.364. The zero-order chi connectivity index (χ0) is 22.7. The summed E-state index contributed by atoms with van der Waals surface area (Å²) in [5.74, 6) is -0.0102. The molecule has 1 aliphatic rings. The van der Waals surface area contributed by atoms with Crippen LogP contribution >= 0.6 is 11.3 Å². The van der Waals surface area contributed by atoms with Gasteiger partial charge < -0.3 is 15.0 Å². The second-order valence-corrected chi connectivity index (χ2v) is 8.73. The highest BCUT2D eigenvalue weighted by Gasteiger charge is 2.17. The van der Waals surface area contributed by atoms with Gasteiger partial charge in [0.1, 0.15) is 5.82 Å². The van der Waals surface area contributed by atoms with E-state index in [1.807, 2.05) is 11.8 Å². The van der Waals surface area contributed by atoms with Crippen LogP contribution < -0.4 is 15.8 Å². The first-order chi connectivity index (χ1) is 15.4. The van der Waals surface area contributed by atoms with Gasteiger partial charge in [-0.15, -0.1) is 11.3 Å². The summed E-state index contributed by atoms with van der Waals surface area (Å²) in [7, 11) is 0. The van der Waals surface area contributed by atoms with Crippen molar-refractivity contribution in [2.75, 3.05) is 36.5 Å². The smallest absolute Gasteiger partial charge is 0.255 e. The highest BCUT2D eigenvalue weighted by atomic mass is 32.1. The molecule has 2 aromatic heterocycles. The molecule has 0 spiro atoms. The van der Waals surface area contributed by atoms with E-state index in [-0.39, 0.29) is 30.1 Å². The van der Waals surface area contributed by atoms with Crippen LogP contribution in [0.1, 0.15) is 22.6 Å². The predicted octanol–water partition coefficient (Wildman–Crippen LogP) is 3.06. The second kappa shape index (κ2) is 9.58. The van der Waals surface area contributed by atoms with Crippen molar-refractivity contribution in [1.29, 1.82) is 0 Å². The number of nitrogens with one attached hydrogen (secondary N) is 2. The van der Waals surface area contributed by atoms with E-state index in [9.17, 15) is 14.0 Å². The van der Waals surface area contributed by atoms with Crippen molar-refractivity contribution in [2.24, 2.45) is 0 Å². The largest absolute Gasteiger partial charge is 0.378 e. The molecule has 2 N–H and O–H groups in total. The third-order valence-electron chi connectivity index (χ3n) is 5.28. The highest BCUT2D eigenvalue weighted by molar-refractivity contribution is 7.16. The lowest BCUT2D eigenvalue weighted by Crippen LogP contribution is -2.38. The Morgan fingerprint density at radius 2 is 1.94 bits per heavy atom. The van der Waals surface area contributed by atoms with Crippen LogP contribution in [0.2, 0.25) is 0 Å². The second-order valence-electron chi connectivity index (χ2n) is 7.53. The Morgan fingerprint density at radius 3 is 2.62 bits per heavy atom. The minimum absolute atomic E-state index is 0.132. The number of carbonyl (C=O) groups excluding carboxylic acids is 1. The van der Waals surface area contributed by atoms with Crippen molar-refractivity contribution in [2.45, 2.75) is 26.7 Å². The molecule has 32 heavy (non-hydrogen) atoms. The summed E-state index contributed by atoms with van der Waals surface area (Å²) in [5, 5.41) is 3.27. The van der Waals surface area contributed by atoms with Gasteiger partial charge in [0, 0.05) is 41.2 Å². The fourth-order valence-electron chi connectivity index (χ4n) is 3.56. The number of anilines is 2. The molecule has 1 aromatic carbocycles. The summed E-state index contributed by atoms with van der Waals surface area (Å²) in [5.41, 5.74) is 2.39. The number of aromatic amines is 1. The molecular formula is C22H24FN5O3S. The van der Waals surface area contributed by atoms with Crippen LogP contribution in [0, 0.1) is 19.7 Å². The van der Waals surface area contributed by atoms with Gasteiger partial charge in [-0.25, -0.2) is 14.4 Å². The number of ether oxygens (including phenoxy) is 1. The number of carbonyl (C=O) groups is 1. The number of rotatable bonds is 6. The molecule has 10 heteroatoms. The molecule has 0 bridgehead atoms. The minimum Gasteiger partial charge on any atom is -0.378 e. The number of nitrogens with zero attached hydrogens (tertiary/aromatic N) is 3. The maximum atomic E-state index is 13.2. The average Bonchev–Trinajstić information content (AvgIpc) is 3.14. The van der Waals surface area contributed by atoms with E-state index in [1.165, 1.54) is 23.5 Å². The molecular weight excluding hydrogens is 433 g/mol. The van der Waals surface area contributed by atoms with Crippen LogP contribution in [0.5, 0.6) is 0 Å². The third kappa shape index (κ3) is 5.03. The Morgan fingerprint density at radius 1 is 1.22 bits per heavy atom. The third-order valence-corrected chi connectivity index (χ3v) is 6.17. The number of amides is 1. The summed E-state index contributed by atoms with van der Waals surface area (Å²) >= 11 is 1.35. The Bertz CT molecular complexity index is 1170. The molecule has 1 saturated heterocycles. The van der Waals surface area contributed by atoms with Gasteiger partial charge in [-0.05, 0) is 44.5 Å². The van der Waals surface area contributed by atoms with Crippen molar-refractivity contribution in [3.05, 3.63) is 56.6 Å². The van der Waals surface area contributed by atoms with E-state index >= 15 is 0 Å².